The molecule has 0 rings (SSSR count). The Hall–Kier alpha value is -1.59. The summed E-state index contributed by atoms with van der Waals surface area (Å²) in [4.78, 5) is 38.0. The van der Waals surface area contributed by atoms with E-state index >= 15 is 0 Å². The van der Waals surface area contributed by atoms with Crippen LogP contribution in [0.2, 0.25) is 0 Å². The van der Waals surface area contributed by atoms with Crippen LogP contribution < -0.4 is 0 Å². The summed E-state index contributed by atoms with van der Waals surface area (Å²) < 4.78 is 16.8. The molecular weight excluding hydrogens is 745 g/mol. The largest absolute Gasteiger partial charge is 0.462 e. The van der Waals surface area contributed by atoms with Gasteiger partial charge >= 0.3 is 17.9 Å². The van der Waals surface area contributed by atoms with Gasteiger partial charge in [0, 0.05) is 19.3 Å². The van der Waals surface area contributed by atoms with Crippen LogP contribution in [0.4, 0.5) is 0 Å². The lowest BCUT2D eigenvalue weighted by atomic mass is 10.0. The zero-order valence-corrected chi connectivity index (χ0v) is 40.9. The first kappa shape index (κ1) is 58.4. The molecule has 0 aromatic carbocycles. The maximum absolute atomic E-state index is 12.8. The van der Waals surface area contributed by atoms with E-state index in [4.69, 9.17) is 14.2 Å². The zero-order chi connectivity index (χ0) is 43.8. The molecule has 0 bridgehead atoms. The lowest BCUT2D eigenvalue weighted by Gasteiger charge is -2.18. The lowest BCUT2D eigenvalue weighted by molar-refractivity contribution is -0.167. The van der Waals surface area contributed by atoms with E-state index < -0.39 is 6.10 Å². The second kappa shape index (κ2) is 48.4. The number of carbonyl (C=O) groups is 3. The SMILES string of the molecule is CCCCCCCCCCCCCCCCCCCC(=O)O[C@H](COC(=O)CCCCCCCCCCCCC)COC(=O)CCCCCCCCCCCCCC(C)C. The van der Waals surface area contributed by atoms with Crippen molar-refractivity contribution in [2.75, 3.05) is 13.2 Å². The van der Waals surface area contributed by atoms with E-state index in [0.29, 0.717) is 19.3 Å². The monoisotopic (exact) mass is 849 g/mol. The van der Waals surface area contributed by atoms with Gasteiger partial charge in [0.05, 0.1) is 0 Å². The van der Waals surface area contributed by atoms with Gasteiger partial charge in [0.15, 0.2) is 6.10 Å². The third-order valence-electron chi connectivity index (χ3n) is 12.3. The maximum atomic E-state index is 12.8. The van der Waals surface area contributed by atoms with E-state index in [2.05, 4.69) is 27.7 Å². The second-order valence-electron chi connectivity index (χ2n) is 19.0. The highest BCUT2D eigenvalue weighted by molar-refractivity contribution is 5.71. The van der Waals surface area contributed by atoms with Gasteiger partial charge in [-0.3, -0.25) is 14.4 Å². The molecule has 1 atom stereocenters. The van der Waals surface area contributed by atoms with Gasteiger partial charge in [-0.05, 0) is 25.2 Å². The summed E-state index contributed by atoms with van der Waals surface area (Å²) in [6, 6.07) is 0. The van der Waals surface area contributed by atoms with E-state index in [-0.39, 0.29) is 31.1 Å². The second-order valence-corrected chi connectivity index (χ2v) is 19.0. The quantitative estimate of drug-likeness (QED) is 0.0345. The van der Waals surface area contributed by atoms with Crippen LogP contribution in [0.1, 0.15) is 304 Å². The molecule has 0 aromatic rings. The Morgan fingerprint density at radius 1 is 0.317 bits per heavy atom. The summed E-state index contributed by atoms with van der Waals surface area (Å²) >= 11 is 0. The average Bonchev–Trinajstić information content (AvgIpc) is 3.23. The normalized spacial score (nSPS) is 11.9. The minimum atomic E-state index is -0.760. The number of carbonyl (C=O) groups excluding carboxylic acids is 3. The first-order chi connectivity index (χ1) is 29.4. The fraction of sp³-hybridized carbons (Fsp3) is 0.944. The molecule has 6 nitrogen and oxygen atoms in total. The standard InChI is InChI=1S/C54H104O6/c1-5-7-9-11-13-15-17-18-19-20-21-22-26-31-35-39-43-47-54(57)60-51(48-58-52(55)45-41-37-33-29-24-16-14-12-10-8-6-2)49-59-53(56)46-42-38-34-30-27-23-25-28-32-36-40-44-50(3)4/h50-51H,5-49H2,1-4H3/t51-/m1/s1. The number of ether oxygens (including phenoxy) is 3. The highest BCUT2D eigenvalue weighted by atomic mass is 16.6. The van der Waals surface area contributed by atoms with Crippen LogP contribution in [0, 0.1) is 5.92 Å². The van der Waals surface area contributed by atoms with Crippen molar-refractivity contribution in [2.45, 2.75) is 310 Å². The topological polar surface area (TPSA) is 78.9 Å². The molecule has 0 aliphatic carbocycles. The van der Waals surface area contributed by atoms with E-state index in [1.165, 1.54) is 199 Å². The Balaban J connectivity index is 4.28. The van der Waals surface area contributed by atoms with Crippen molar-refractivity contribution in [1.29, 1.82) is 0 Å². The van der Waals surface area contributed by atoms with E-state index in [9.17, 15) is 14.4 Å². The van der Waals surface area contributed by atoms with Crippen molar-refractivity contribution in [3.8, 4) is 0 Å². The van der Waals surface area contributed by atoms with Gasteiger partial charge in [-0.15, -0.1) is 0 Å². The molecule has 0 amide bonds. The number of esters is 3. The molecule has 6 heteroatoms. The predicted octanol–water partition coefficient (Wildman–Crippen LogP) is 17.5. The summed E-state index contributed by atoms with van der Waals surface area (Å²) in [6.07, 6.45) is 50.9. The van der Waals surface area contributed by atoms with E-state index in [0.717, 1.165) is 63.7 Å². The Morgan fingerprint density at radius 2 is 0.550 bits per heavy atom. The zero-order valence-electron chi connectivity index (χ0n) is 40.9. The third-order valence-corrected chi connectivity index (χ3v) is 12.3. The van der Waals surface area contributed by atoms with Gasteiger partial charge in [0.2, 0.25) is 0 Å². The lowest BCUT2D eigenvalue weighted by Crippen LogP contribution is -2.30. The van der Waals surface area contributed by atoms with Crippen molar-refractivity contribution < 1.29 is 28.6 Å². The minimum absolute atomic E-state index is 0.0626. The molecule has 0 N–H and O–H groups in total. The van der Waals surface area contributed by atoms with Crippen molar-refractivity contribution >= 4 is 17.9 Å². The molecule has 356 valence electrons. The molecule has 0 aliphatic heterocycles. The van der Waals surface area contributed by atoms with Gasteiger partial charge in [-0.25, -0.2) is 0 Å². The predicted molar refractivity (Wildman–Crippen MR) is 257 cm³/mol. The van der Waals surface area contributed by atoms with Crippen LogP contribution in [-0.2, 0) is 28.6 Å². The number of hydrogen-bond donors (Lipinski definition) is 0. The van der Waals surface area contributed by atoms with Crippen LogP contribution in [0.3, 0.4) is 0 Å². The molecule has 0 saturated heterocycles. The first-order valence-corrected chi connectivity index (χ1v) is 26.9. The maximum Gasteiger partial charge on any atom is 0.306 e. The van der Waals surface area contributed by atoms with Gasteiger partial charge in [0.25, 0.3) is 0 Å². The molecule has 0 fully saturated rings. The van der Waals surface area contributed by atoms with Gasteiger partial charge < -0.3 is 14.2 Å². The molecule has 0 unspecified atom stereocenters. The summed E-state index contributed by atoms with van der Waals surface area (Å²) in [6.45, 7) is 9.03. The Labute approximate surface area is 374 Å². The summed E-state index contributed by atoms with van der Waals surface area (Å²) in [5.74, 6) is -0.0154. The average molecular weight is 849 g/mol. The fourth-order valence-corrected chi connectivity index (χ4v) is 8.22. The van der Waals surface area contributed by atoms with Crippen molar-refractivity contribution in [3.63, 3.8) is 0 Å². The molecule has 0 aromatic heterocycles. The first-order valence-electron chi connectivity index (χ1n) is 26.9. The van der Waals surface area contributed by atoms with Crippen LogP contribution in [0.15, 0.2) is 0 Å². The van der Waals surface area contributed by atoms with E-state index in [1.54, 1.807) is 0 Å². The van der Waals surface area contributed by atoms with Crippen LogP contribution in [0.5, 0.6) is 0 Å². The van der Waals surface area contributed by atoms with Crippen LogP contribution in [-0.4, -0.2) is 37.2 Å². The van der Waals surface area contributed by atoms with Crippen molar-refractivity contribution in [3.05, 3.63) is 0 Å². The molecule has 0 saturated carbocycles. The minimum Gasteiger partial charge on any atom is -0.462 e. The smallest absolute Gasteiger partial charge is 0.306 e. The summed E-state index contributed by atoms with van der Waals surface area (Å²) in [5, 5.41) is 0. The molecule has 0 radical (unpaired) electrons. The number of unbranched alkanes of at least 4 members (excludes halogenated alkanes) is 36. The van der Waals surface area contributed by atoms with Gasteiger partial charge in [-0.1, -0.05) is 265 Å². The van der Waals surface area contributed by atoms with Crippen LogP contribution >= 0.6 is 0 Å². The Kier molecular flexibility index (Phi) is 47.2. The van der Waals surface area contributed by atoms with E-state index in [1.807, 2.05) is 0 Å². The van der Waals surface area contributed by atoms with Crippen molar-refractivity contribution in [1.82, 2.24) is 0 Å². The number of rotatable bonds is 49. The van der Waals surface area contributed by atoms with Gasteiger partial charge in [0.1, 0.15) is 13.2 Å². The van der Waals surface area contributed by atoms with Crippen LogP contribution in [0.25, 0.3) is 0 Å². The molecule has 0 spiro atoms. The fourth-order valence-electron chi connectivity index (χ4n) is 8.22. The molecular formula is C54H104O6. The summed E-state index contributed by atoms with van der Waals surface area (Å²) in [5.41, 5.74) is 0. The highest BCUT2D eigenvalue weighted by Crippen LogP contribution is 2.17. The van der Waals surface area contributed by atoms with Gasteiger partial charge in [-0.2, -0.15) is 0 Å². The Bertz CT molecular complexity index is 903. The molecule has 60 heavy (non-hydrogen) atoms. The molecule has 0 aliphatic rings. The number of hydrogen-bond acceptors (Lipinski definition) is 6. The summed E-state index contributed by atoms with van der Waals surface area (Å²) in [7, 11) is 0. The molecule has 0 heterocycles. The highest BCUT2D eigenvalue weighted by Gasteiger charge is 2.19. The van der Waals surface area contributed by atoms with Crippen molar-refractivity contribution in [2.24, 2.45) is 5.92 Å². The third kappa shape index (κ3) is 47.5. The Morgan fingerprint density at radius 3 is 0.817 bits per heavy atom.